The Bertz CT molecular complexity index is 647. The Labute approximate surface area is 91.0 Å². The Morgan fingerprint density at radius 1 is 1.00 bits per heavy atom. The number of hydrogen-bond donors (Lipinski definition) is 2. The highest BCUT2D eigenvalue weighted by Gasteiger charge is 2.24. The highest BCUT2D eigenvalue weighted by Crippen LogP contribution is 2.28. The van der Waals surface area contributed by atoms with Gasteiger partial charge >= 0.3 is 0 Å². The molecule has 0 saturated heterocycles. The summed E-state index contributed by atoms with van der Waals surface area (Å²) in [6.45, 7) is 0. The summed E-state index contributed by atoms with van der Waals surface area (Å²) in [7, 11) is 0. The lowest BCUT2D eigenvalue weighted by molar-refractivity contribution is 0.0845. The average Bonchev–Trinajstić information content (AvgIpc) is 2.25. The molecule has 0 aromatic heterocycles. The Kier molecular flexibility index (Phi) is 1.57. The third kappa shape index (κ3) is 1.04. The number of nitrogen functional groups attached to an aromatic ring is 1. The fourth-order valence-electron chi connectivity index (χ4n) is 2.06. The average molecular weight is 212 g/mol. The minimum Gasteiger partial charge on any atom is -0.399 e. The van der Waals surface area contributed by atoms with Crippen LogP contribution >= 0.6 is 0 Å². The van der Waals surface area contributed by atoms with E-state index < -0.39 is 0 Å². The predicted molar refractivity (Wildman–Crippen MR) is 60.2 cm³/mol. The van der Waals surface area contributed by atoms with Gasteiger partial charge in [-0.2, -0.15) is 0 Å². The molecule has 0 fully saturated rings. The molecule has 0 atom stereocenters. The summed E-state index contributed by atoms with van der Waals surface area (Å²) >= 11 is 0. The van der Waals surface area contributed by atoms with Gasteiger partial charge < -0.3 is 5.73 Å². The van der Waals surface area contributed by atoms with E-state index in [1.54, 1.807) is 24.3 Å². The molecule has 1 aliphatic rings. The number of anilines is 1. The number of hydrogen-bond acceptors (Lipinski definition) is 3. The van der Waals surface area contributed by atoms with Crippen LogP contribution in [-0.4, -0.2) is 11.8 Å². The monoisotopic (exact) mass is 212 g/mol. The maximum Gasteiger partial charge on any atom is 0.258 e. The molecule has 0 spiro atoms. The molecule has 2 aromatic carbocycles. The number of imide groups is 1. The second-order valence-corrected chi connectivity index (χ2v) is 3.76. The van der Waals surface area contributed by atoms with E-state index >= 15 is 0 Å². The topological polar surface area (TPSA) is 72.2 Å². The maximum atomic E-state index is 11.6. The van der Waals surface area contributed by atoms with E-state index in [1.165, 1.54) is 0 Å². The Morgan fingerprint density at radius 3 is 2.56 bits per heavy atom. The molecule has 1 aliphatic heterocycles. The van der Waals surface area contributed by atoms with Crippen molar-refractivity contribution in [2.24, 2.45) is 0 Å². The van der Waals surface area contributed by atoms with Crippen LogP contribution in [0.1, 0.15) is 20.7 Å². The number of rotatable bonds is 0. The van der Waals surface area contributed by atoms with Crippen molar-refractivity contribution in [1.82, 2.24) is 5.32 Å². The Morgan fingerprint density at radius 2 is 1.75 bits per heavy atom. The highest BCUT2D eigenvalue weighted by molar-refractivity contribution is 6.25. The molecule has 3 N–H and O–H groups in total. The molecule has 0 unspecified atom stereocenters. The van der Waals surface area contributed by atoms with Crippen molar-refractivity contribution in [3.63, 3.8) is 0 Å². The van der Waals surface area contributed by atoms with E-state index in [1.807, 2.05) is 6.07 Å². The maximum absolute atomic E-state index is 11.6. The second-order valence-electron chi connectivity index (χ2n) is 3.76. The van der Waals surface area contributed by atoms with E-state index in [9.17, 15) is 9.59 Å². The summed E-state index contributed by atoms with van der Waals surface area (Å²) in [5.41, 5.74) is 7.21. The summed E-state index contributed by atoms with van der Waals surface area (Å²) in [6, 6.07) is 8.66. The highest BCUT2D eigenvalue weighted by atomic mass is 16.2. The largest absolute Gasteiger partial charge is 0.399 e. The van der Waals surface area contributed by atoms with E-state index in [4.69, 9.17) is 5.73 Å². The molecule has 4 nitrogen and oxygen atoms in total. The molecule has 0 bridgehead atoms. The van der Waals surface area contributed by atoms with Crippen molar-refractivity contribution in [2.45, 2.75) is 0 Å². The molecule has 0 aliphatic carbocycles. The van der Waals surface area contributed by atoms with Crippen LogP contribution in [0, 0.1) is 0 Å². The fourth-order valence-corrected chi connectivity index (χ4v) is 2.06. The fraction of sp³-hybridized carbons (Fsp3) is 0. The van der Waals surface area contributed by atoms with Gasteiger partial charge in [0.05, 0.1) is 5.56 Å². The van der Waals surface area contributed by atoms with Gasteiger partial charge in [-0.15, -0.1) is 0 Å². The van der Waals surface area contributed by atoms with Gasteiger partial charge in [0.1, 0.15) is 0 Å². The minimum absolute atomic E-state index is 0.354. The van der Waals surface area contributed by atoms with Gasteiger partial charge in [0.2, 0.25) is 0 Å². The first-order valence-corrected chi connectivity index (χ1v) is 4.85. The van der Waals surface area contributed by atoms with Crippen molar-refractivity contribution in [3.8, 4) is 0 Å². The van der Waals surface area contributed by atoms with Crippen LogP contribution in [0.4, 0.5) is 5.69 Å². The van der Waals surface area contributed by atoms with Crippen molar-refractivity contribution in [3.05, 3.63) is 41.5 Å². The number of benzene rings is 2. The van der Waals surface area contributed by atoms with Crippen LogP contribution < -0.4 is 11.1 Å². The first kappa shape index (κ1) is 8.91. The summed E-state index contributed by atoms with van der Waals surface area (Å²) in [6.07, 6.45) is 0. The van der Waals surface area contributed by atoms with Crippen LogP contribution in [0.15, 0.2) is 30.3 Å². The third-order valence-corrected chi connectivity index (χ3v) is 2.72. The van der Waals surface area contributed by atoms with Crippen LogP contribution in [0.2, 0.25) is 0 Å². The lowest BCUT2D eigenvalue weighted by atomic mass is 9.95. The smallest absolute Gasteiger partial charge is 0.258 e. The molecule has 3 rings (SSSR count). The summed E-state index contributed by atoms with van der Waals surface area (Å²) in [5.74, 6) is -0.742. The molecular formula is C12H8N2O2. The number of amides is 2. The van der Waals surface area contributed by atoms with E-state index in [0.29, 0.717) is 22.2 Å². The van der Waals surface area contributed by atoms with Crippen LogP contribution in [0.25, 0.3) is 10.8 Å². The van der Waals surface area contributed by atoms with Crippen molar-refractivity contribution in [2.75, 3.05) is 5.73 Å². The predicted octanol–water partition coefficient (Wildman–Crippen LogP) is 1.31. The van der Waals surface area contributed by atoms with Crippen LogP contribution in [-0.2, 0) is 0 Å². The molecule has 0 saturated carbocycles. The molecule has 4 heteroatoms. The van der Waals surface area contributed by atoms with Gasteiger partial charge in [-0.3, -0.25) is 14.9 Å². The standard InChI is InChI=1S/C12H8N2O2/c13-7-4-6-2-1-3-8-10(6)9(5-7)12(16)14-11(8)15/h1-5H,13H2,(H,14,15,16). The number of nitrogens with one attached hydrogen (secondary N) is 1. The second kappa shape index (κ2) is 2.82. The lowest BCUT2D eigenvalue weighted by Gasteiger charge is -2.16. The molecule has 1 heterocycles. The summed E-state index contributed by atoms with van der Waals surface area (Å²) < 4.78 is 0. The van der Waals surface area contributed by atoms with Gasteiger partial charge in [-0.1, -0.05) is 12.1 Å². The number of nitrogens with two attached hydrogens (primary N) is 1. The zero-order chi connectivity index (χ0) is 11.3. The molecule has 16 heavy (non-hydrogen) atoms. The Hall–Kier alpha value is -2.36. The summed E-state index contributed by atoms with van der Waals surface area (Å²) in [4.78, 5) is 23.3. The molecule has 0 radical (unpaired) electrons. The van der Waals surface area contributed by atoms with Crippen molar-refractivity contribution < 1.29 is 9.59 Å². The van der Waals surface area contributed by atoms with Crippen LogP contribution in [0.3, 0.4) is 0 Å². The van der Waals surface area contributed by atoms with Gasteiger partial charge in [-0.25, -0.2) is 0 Å². The van der Waals surface area contributed by atoms with Gasteiger partial charge in [0.15, 0.2) is 0 Å². The lowest BCUT2D eigenvalue weighted by Crippen LogP contribution is -2.34. The zero-order valence-electron chi connectivity index (χ0n) is 8.28. The van der Waals surface area contributed by atoms with Crippen LogP contribution in [0.5, 0.6) is 0 Å². The van der Waals surface area contributed by atoms with Gasteiger partial charge in [0, 0.05) is 16.6 Å². The van der Waals surface area contributed by atoms with E-state index in [0.717, 1.165) is 5.39 Å². The van der Waals surface area contributed by atoms with Gasteiger partial charge in [0.25, 0.3) is 11.8 Å². The van der Waals surface area contributed by atoms with Crippen molar-refractivity contribution >= 4 is 28.3 Å². The first-order valence-electron chi connectivity index (χ1n) is 4.85. The third-order valence-electron chi connectivity index (χ3n) is 2.72. The molecule has 2 aromatic rings. The number of carbonyl (C=O) groups excluding carboxylic acids is 2. The Balaban J connectivity index is 2.55. The molecule has 78 valence electrons. The van der Waals surface area contributed by atoms with E-state index in [2.05, 4.69) is 5.32 Å². The normalized spacial score (nSPS) is 14.0. The number of carbonyl (C=O) groups is 2. The SMILES string of the molecule is Nc1cc2c3c(cccc3c1)C(=O)NC2=O. The molecule has 2 amide bonds. The molecular weight excluding hydrogens is 204 g/mol. The summed E-state index contributed by atoms with van der Waals surface area (Å²) in [5, 5.41) is 3.79. The zero-order valence-corrected chi connectivity index (χ0v) is 8.28. The first-order chi connectivity index (χ1) is 7.66. The van der Waals surface area contributed by atoms with Gasteiger partial charge in [-0.05, 0) is 23.6 Å². The van der Waals surface area contributed by atoms with Crippen molar-refractivity contribution in [1.29, 1.82) is 0 Å². The minimum atomic E-state index is -0.388. The van der Waals surface area contributed by atoms with E-state index in [-0.39, 0.29) is 11.8 Å². The quantitative estimate of drug-likeness (QED) is 0.510.